The molecule has 29 heavy (non-hydrogen) atoms. The second-order valence-electron chi connectivity index (χ2n) is 7.78. The third-order valence-electron chi connectivity index (χ3n) is 5.75. The number of aromatic nitrogens is 1. The molecule has 0 radical (unpaired) electrons. The molecule has 1 aromatic heterocycles. The molecule has 0 unspecified atom stereocenters. The number of carboxylic acid groups (broad SMARTS) is 1. The van der Waals surface area contributed by atoms with Crippen molar-refractivity contribution in [2.45, 2.75) is 50.1 Å². The Morgan fingerprint density at radius 2 is 2.10 bits per heavy atom. The number of aryl methyl sites for hydroxylation is 2. The normalized spacial score (nSPS) is 20.7. The van der Waals surface area contributed by atoms with Crippen molar-refractivity contribution in [3.8, 4) is 0 Å². The summed E-state index contributed by atoms with van der Waals surface area (Å²) in [5.74, 6) is -0.312. The highest BCUT2D eigenvalue weighted by atomic mass is 32.2. The minimum absolute atomic E-state index is 0.0198. The molecule has 1 N–H and O–H groups in total. The standard InChI is InChI=1S/C21H25N3O4S/c1-15-6-7-16(8-9-20(25)26)17(12-15)13-23-14-18-4-3-11-24(18)21-19(29(23,27)28)5-2-10-22-21/h2,5-7,10,12,18H,3-4,8-9,11,13-14H2,1H3,(H,25,26)/t18-/m1/s1. The van der Waals surface area contributed by atoms with E-state index in [1.807, 2.05) is 25.1 Å². The van der Waals surface area contributed by atoms with E-state index >= 15 is 0 Å². The Hall–Kier alpha value is -2.45. The molecule has 2 aromatic rings. The number of fused-ring (bicyclic) bond motifs is 3. The molecule has 0 amide bonds. The molecular formula is C21H25N3O4S. The molecule has 2 aliphatic heterocycles. The average Bonchev–Trinajstić information content (AvgIpc) is 3.12. The fraction of sp³-hybridized carbons (Fsp3) is 0.429. The highest BCUT2D eigenvalue weighted by Crippen LogP contribution is 2.36. The van der Waals surface area contributed by atoms with Crippen LogP contribution in [0.15, 0.2) is 41.4 Å². The molecule has 1 saturated heterocycles. The van der Waals surface area contributed by atoms with Crippen LogP contribution in [0, 0.1) is 6.92 Å². The van der Waals surface area contributed by atoms with Gasteiger partial charge in [0.2, 0.25) is 10.0 Å². The van der Waals surface area contributed by atoms with Crippen molar-refractivity contribution in [3.05, 3.63) is 53.2 Å². The van der Waals surface area contributed by atoms with Gasteiger partial charge in [-0.3, -0.25) is 4.79 Å². The molecule has 154 valence electrons. The zero-order valence-corrected chi connectivity index (χ0v) is 17.2. The average molecular weight is 416 g/mol. The first-order valence-corrected chi connectivity index (χ1v) is 11.3. The van der Waals surface area contributed by atoms with Crippen molar-refractivity contribution in [1.29, 1.82) is 0 Å². The van der Waals surface area contributed by atoms with Crippen LogP contribution in [-0.4, -0.2) is 47.9 Å². The van der Waals surface area contributed by atoms with Crippen LogP contribution in [-0.2, 0) is 27.8 Å². The van der Waals surface area contributed by atoms with Gasteiger partial charge in [0, 0.05) is 38.3 Å². The number of aliphatic carboxylic acids is 1. The van der Waals surface area contributed by atoms with Gasteiger partial charge < -0.3 is 10.0 Å². The lowest BCUT2D eigenvalue weighted by molar-refractivity contribution is -0.136. The van der Waals surface area contributed by atoms with Crippen LogP contribution in [0.3, 0.4) is 0 Å². The highest BCUT2D eigenvalue weighted by molar-refractivity contribution is 7.89. The van der Waals surface area contributed by atoms with Gasteiger partial charge in [0.25, 0.3) is 0 Å². The van der Waals surface area contributed by atoms with Crippen LogP contribution in [0.4, 0.5) is 5.82 Å². The predicted octanol–water partition coefficient (Wildman–Crippen LogP) is 2.58. The van der Waals surface area contributed by atoms with E-state index in [1.54, 1.807) is 22.6 Å². The summed E-state index contributed by atoms with van der Waals surface area (Å²) in [6.07, 6.45) is 3.99. The maximum atomic E-state index is 13.5. The van der Waals surface area contributed by atoms with Crippen molar-refractivity contribution in [1.82, 2.24) is 9.29 Å². The summed E-state index contributed by atoms with van der Waals surface area (Å²) in [7, 11) is -3.71. The summed E-state index contributed by atoms with van der Waals surface area (Å²) in [5, 5.41) is 9.06. The number of carbonyl (C=O) groups is 1. The summed E-state index contributed by atoms with van der Waals surface area (Å²) in [6, 6.07) is 9.22. The largest absolute Gasteiger partial charge is 0.481 e. The Labute approximate surface area is 171 Å². The minimum Gasteiger partial charge on any atom is -0.481 e. The summed E-state index contributed by atoms with van der Waals surface area (Å²) >= 11 is 0. The van der Waals surface area contributed by atoms with E-state index in [-0.39, 0.29) is 23.9 Å². The zero-order valence-electron chi connectivity index (χ0n) is 16.4. The van der Waals surface area contributed by atoms with E-state index < -0.39 is 16.0 Å². The van der Waals surface area contributed by atoms with Gasteiger partial charge in [-0.15, -0.1) is 0 Å². The lowest BCUT2D eigenvalue weighted by atomic mass is 10.00. The summed E-state index contributed by atoms with van der Waals surface area (Å²) < 4.78 is 28.5. The molecule has 8 heteroatoms. The lowest BCUT2D eigenvalue weighted by Gasteiger charge is -2.26. The zero-order chi connectivity index (χ0) is 20.6. The summed E-state index contributed by atoms with van der Waals surface area (Å²) in [5.41, 5.74) is 2.77. The maximum absolute atomic E-state index is 13.5. The van der Waals surface area contributed by atoms with Gasteiger partial charge in [-0.2, -0.15) is 4.31 Å². The van der Waals surface area contributed by atoms with E-state index in [1.165, 1.54) is 0 Å². The molecular weight excluding hydrogens is 390 g/mol. The molecule has 0 spiro atoms. The van der Waals surface area contributed by atoms with E-state index in [9.17, 15) is 13.2 Å². The first kappa shape index (κ1) is 19.8. The van der Waals surface area contributed by atoms with Gasteiger partial charge in [-0.05, 0) is 49.4 Å². The Morgan fingerprint density at radius 3 is 2.90 bits per heavy atom. The molecule has 4 rings (SSSR count). The number of pyridine rings is 1. The van der Waals surface area contributed by atoms with Crippen LogP contribution in [0.2, 0.25) is 0 Å². The molecule has 3 heterocycles. The van der Waals surface area contributed by atoms with Crippen LogP contribution in [0.5, 0.6) is 0 Å². The van der Waals surface area contributed by atoms with Crippen molar-refractivity contribution >= 4 is 21.8 Å². The lowest BCUT2D eigenvalue weighted by Crippen LogP contribution is -2.39. The van der Waals surface area contributed by atoms with Crippen molar-refractivity contribution < 1.29 is 18.3 Å². The smallest absolute Gasteiger partial charge is 0.303 e. The molecule has 0 saturated carbocycles. The van der Waals surface area contributed by atoms with Gasteiger partial charge >= 0.3 is 5.97 Å². The number of hydrogen-bond donors (Lipinski definition) is 1. The molecule has 0 bridgehead atoms. The SMILES string of the molecule is Cc1ccc(CCC(=O)O)c(CN2C[C@H]3CCCN3c3ncccc3S2(=O)=O)c1. The van der Waals surface area contributed by atoms with E-state index in [4.69, 9.17) is 5.11 Å². The van der Waals surface area contributed by atoms with E-state index in [0.717, 1.165) is 36.1 Å². The number of rotatable bonds is 5. The van der Waals surface area contributed by atoms with Gasteiger partial charge in [0.05, 0.1) is 0 Å². The minimum atomic E-state index is -3.71. The van der Waals surface area contributed by atoms with Crippen LogP contribution >= 0.6 is 0 Å². The van der Waals surface area contributed by atoms with Crippen LogP contribution in [0.1, 0.15) is 36.0 Å². The van der Waals surface area contributed by atoms with Gasteiger partial charge in [-0.1, -0.05) is 23.8 Å². The summed E-state index contributed by atoms with van der Waals surface area (Å²) in [4.78, 5) is 17.8. The molecule has 1 atom stereocenters. The molecule has 1 fully saturated rings. The summed E-state index contributed by atoms with van der Waals surface area (Å²) in [6.45, 7) is 3.41. The highest BCUT2D eigenvalue weighted by Gasteiger charge is 2.40. The number of hydrogen-bond acceptors (Lipinski definition) is 5. The fourth-order valence-electron chi connectivity index (χ4n) is 4.30. The number of anilines is 1. The molecule has 0 aliphatic carbocycles. The van der Waals surface area contributed by atoms with Crippen molar-refractivity contribution in [2.24, 2.45) is 0 Å². The monoisotopic (exact) mass is 415 g/mol. The number of benzene rings is 1. The Morgan fingerprint density at radius 1 is 1.28 bits per heavy atom. The third-order valence-corrected chi connectivity index (χ3v) is 7.58. The topological polar surface area (TPSA) is 90.8 Å². The Balaban J connectivity index is 1.72. The third kappa shape index (κ3) is 3.86. The van der Waals surface area contributed by atoms with Gasteiger partial charge in [0.1, 0.15) is 10.7 Å². The Kier molecular flexibility index (Phi) is 5.31. The van der Waals surface area contributed by atoms with Crippen LogP contribution < -0.4 is 4.90 Å². The number of carboxylic acids is 1. The maximum Gasteiger partial charge on any atom is 0.303 e. The quantitative estimate of drug-likeness (QED) is 0.807. The van der Waals surface area contributed by atoms with E-state index in [2.05, 4.69) is 9.88 Å². The predicted molar refractivity (Wildman–Crippen MR) is 109 cm³/mol. The fourth-order valence-corrected chi connectivity index (χ4v) is 5.91. The van der Waals surface area contributed by atoms with Crippen molar-refractivity contribution in [2.75, 3.05) is 18.0 Å². The second kappa shape index (κ2) is 7.76. The number of sulfonamides is 1. The first-order chi connectivity index (χ1) is 13.9. The first-order valence-electron chi connectivity index (χ1n) is 9.88. The van der Waals surface area contributed by atoms with Crippen LogP contribution in [0.25, 0.3) is 0 Å². The van der Waals surface area contributed by atoms with Crippen molar-refractivity contribution in [3.63, 3.8) is 0 Å². The molecule has 2 aliphatic rings. The van der Waals surface area contributed by atoms with E-state index in [0.29, 0.717) is 18.8 Å². The Bertz CT molecular complexity index is 1040. The second-order valence-corrected chi connectivity index (χ2v) is 9.68. The van der Waals surface area contributed by atoms with Gasteiger partial charge in [-0.25, -0.2) is 13.4 Å². The van der Waals surface area contributed by atoms with Gasteiger partial charge in [0.15, 0.2) is 0 Å². The molecule has 7 nitrogen and oxygen atoms in total. The molecule has 1 aromatic carbocycles. The number of nitrogens with zero attached hydrogens (tertiary/aromatic N) is 3.